The molecular formula is C10H16ClF2N3O. The molecule has 0 aliphatic carbocycles. The van der Waals surface area contributed by atoms with Gasteiger partial charge in [0.05, 0.1) is 18.8 Å². The molecule has 0 spiro atoms. The first kappa shape index (κ1) is 14.3. The first-order valence-corrected chi connectivity index (χ1v) is 5.62. The topological polar surface area (TPSA) is 41.3 Å². The normalized spacial score (nSPS) is 11.8. The van der Waals surface area contributed by atoms with Gasteiger partial charge in [0.1, 0.15) is 5.15 Å². The van der Waals surface area contributed by atoms with Crippen molar-refractivity contribution >= 4 is 11.6 Å². The lowest BCUT2D eigenvalue weighted by molar-refractivity contribution is 0.0745. The van der Waals surface area contributed by atoms with Crippen molar-refractivity contribution in [2.45, 2.75) is 19.9 Å². The van der Waals surface area contributed by atoms with E-state index in [-0.39, 0.29) is 26.2 Å². The van der Waals surface area contributed by atoms with E-state index in [9.17, 15) is 8.78 Å². The van der Waals surface area contributed by atoms with Gasteiger partial charge in [0.2, 0.25) is 0 Å². The molecular weight excluding hydrogens is 252 g/mol. The second-order valence-electron chi connectivity index (χ2n) is 3.83. The Morgan fingerprint density at radius 1 is 1.53 bits per heavy atom. The summed E-state index contributed by atoms with van der Waals surface area (Å²) in [6, 6.07) is 0. The summed E-state index contributed by atoms with van der Waals surface area (Å²) in [4.78, 5) is 1.46. The Balaban J connectivity index is 2.78. The number of hydrogen-bond acceptors (Lipinski definition) is 3. The summed E-state index contributed by atoms with van der Waals surface area (Å²) >= 11 is 6.02. The number of aryl methyl sites for hydroxylation is 2. The zero-order valence-electron chi connectivity index (χ0n) is 9.83. The number of aliphatic hydroxyl groups is 1. The second-order valence-corrected chi connectivity index (χ2v) is 4.19. The van der Waals surface area contributed by atoms with Crippen molar-refractivity contribution in [2.24, 2.45) is 7.05 Å². The highest BCUT2D eigenvalue weighted by Gasteiger charge is 2.17. The molecule has 1 rings (SSSR count). The zero-order chi connectivity index (χ0) is 13.0. The molecule has 0 aliphatic rings. The third-order valence-corrected chi connectivity index (χ3v) is 2.94. The molecule has 1 N–H and O–H groups in total. The largest absolute Gasteiger partial charge is 0.395 e. The quantitative estimate of drug-likeness (QED) is 0.848. The van der Waals surface area contributed by atoms with E-state index in [1.165, 1.54) is 9.58 Å². The Labute approximate surface area is 104 Å². The third kappa shape index (κ3) is 3.90. The van der Waals surface area contributed by atoms with Crippen molar-refractivity contribution in [3.63, 3.8) is 0 Å². The number of aliphatic hydroxyl groups excluding tert-OH is 1. The minimum absolute atomic E-state index is 0.163. The van der Waals surface area contributed by atoms with Crippen LogP contribution in [-0.2, 0) is 13.6 Å². The summed E-state index contributed by atoms with van der Waals surface area (Å²) in [5.74, 6) is 0. The lowest BCUT2D eigenvalue weighted by Gasteiger charge is -2.20. The number of alkyl halides is 2. The molecule has 1 aromatic rings. The van der Waals surface area contributed by atoms with Crippen molar-refractivity contribution in [3.8, 4) is 0 Å². The molecule has 98 valence electrons. The van der Waals surface area contributed by atoms with Crippen LogP contribution >= 0.6 is 11.6 Å². The maximum atomic E-state index is 12.3. The van der Waals surface area contributed by atoms with E-state index in [4.69, 9.17) is 16.7 Å². The fourth-order valence-electron chi connectivity index (χ4n) is 1.65. The molecule has 0 aromatic carbocycles. The van der Waals surface area contributed by atoms with Gasteiger partial charge >= 0.3 is 0 Å². The second kappa shape index (κ2) is 6.28. The smallest absolute Gasteiger partial charge is 0.251 e. The van der Waals surface area contributed by atoms with Crippen molar-refractivity contribution in [3.05, 3.63) is 16.4 Å². The molecule has 1 heterocycles. The van der Waals surface area contributed by atoms with Gasteiger partial charge in [-0.3, -0.25) is 9.58 Å². The van der Waals surface area contributed by atoms with Crippen LogP contribution in [0.1, 0.15) is 11.3 Å². The summed E-state index contributed by atoms with van der Waals surface area (Å²) in [5.41, 5.74) is 1.44. The van der Waals surface area contributed by atoms with Gasteiger partial charge < -0.3 is 5.11 Å². The third-order valence-electron chi connectivity index (χ3n) is 2.46. The molecule has 0 unspecified atom stereocenters. The molecule has 7 heteroatoms. The van der Waals surface area contributed by atoms with Gasteiger partial charge in [-0.2, -0.15) is 5.10 Å². The fourth-order valence-corrected chi connectivity index (χ4v) is 1.88. The SMILES string of the molecule is Cc1nn(C)c(Cl)c1CN(CCO)CC(F)F. The summed E-state index contributed by atoms with van der Waals surface area (Å²) in [6.07, 6.45) is -2.43. The molecule has 0 saturated heterocycles. The van der Waals surface area contributed by atoms with Crippen LogP contribution in [0.25, 0.3) is 0 Å². The summed E-state index contributed by atoms with van der Waals surface area (Å²) in [6.45, 7) is 1.69. The van der Waals surface area contributed by atoms with E-state index in [0.717, 1.165) is 11.3 Å². The number of aromatic nitrogens is 2. The van der Waals surface area contributed by atoms with Gasteiger partial charge in [-0.25, -0.2) is 8.78 Å². The minimum atomic E-state index is -2.43. The van der Waals surface area contributed by atoms with Crippen molar-refractivity contribution in [1.29, 1.82) is 0 Å². The number of halogens is 3. The van der Waals surface area contributed by atoms with E-state index in [1.807, 2.05) is 0 Å². The van der Waals surface area contributed by atoms with Crippen molar-refractivity contribution in [1.82, 2.24) is 14.7 Å². The summed E-state index contributed by atoms with van der Waals surface area (Å²) in [7, 11) is 1.70. The predicted molar refractivity (Wildman–Crippen MR) is 61.3 cm³/mol. The highest BCUT2D eigenvalue weighted by molar-refractivity contribution is 6.30. The van der Waals surface area contributed by atoms with Crippen LogP contribution in [0.2, 0.25) is 5.15 Å². The maximum Gasteiger partial charge on any atom is 0.251 e. The average molecular weight is 268 g/mol. The lowest BCUT2D eigenvalue weighted by Crippen LogP contribution is -2.31. The van der Waals surface area contributed by atoms with Gasteiger partial charge in [-0.1, -0.05) is 11.6 Å². The molecule has 0 aliphatic heterocycles. The molecule has 0 bridgehead atoms. The first-order valence-electron chi connectivity index (χ1n) is 5.25. The Hall–Kier alpha value is -0.720. The van der Waals surface area contributed by atoms with Gasteiger partial charge in [-0.05, 0) is 6.92 Å². The van der Waals surface area contributed by atoms with Crippen molar-refractivity contribution in [2.75, 3.05) is 19.7 Å². The molecule has 0 fully saturated rings. The van der Waals surface area contributed by atoms with E-state index in [0.29, 0.717) is 5.15 Å². The molecule has 0 radical (unpaired) electrons. The Bertz CT molecular complexity index is 371. The van der Waals surface area contributed by atoms with Crippen LogP contribution in [0.15, 0.2) is 0 Å². The highest BCUT2D eigenvalue weighted by Crippen LogP contribution is 2.20. The molecule has 17 heavy (non-hydrogen) atoms. The van der Waals surface area contributed by atoms with Crippen LogP contribution in [0.4, 0.5) is 8.78 Å². The van der Waals surface area contributed by atoms with E-state index < -0.39 is 6.43 Å². The monoisotopic (exact) mass is 267 g/mol. The van der Waals surface area contributed by atoms with Crippen LogP contribution < -0.4 is 0 Å². The molecule has 4 nitrogen and oxygen atoms in total. The Kier molecular flexibility index (Phi) is 5.30. The highest BCUT2D eigenvalue weighted by atomic mass is 35.5. The van der Waals surface area contributed by atoms with Crippen LogP contribution in [0.5, 0.6) is 0 Å². The molecule has 0 atom stereocenters. The van der Waals surface area contributed by atoms with Crippen LogP contribution in [0.3, 0.4) is 0 Å². The Morgan fingerprint density at radius 3 is 2.59 bits per heavy atom. The van der Waals surface area contributed by atoms with Crippen LogP contribution in [-0.4, -0.2) is 45.9 Å². The fraction of sp³-hybridized carbons (Fsp3) is 0.700. The van der Waals surface area contributed by atoms with Gasteiger partial charge in [0.25, 0.3) is 6.43 Å². The lowest BCUT2D eigenvalue weighted by atomic mass is 10.2. The number of nitrogens with zero attached hydrogens (tertiary/aromatic N) is 3. The summed E-state index contributed by atoms with van der Waals surface area (Å²) < 4.78 is 26.2. The number of hydrogen-bond donors (Lipinski definition) is 1. The van der Waals surface area contributed by atoms with E-state index in [1.54, 1.807) is 14.0 Å². The first-order chi connectivity index (χ1) is 7.95. The summed E-state index contributed by atoms with van der Waals surface area (Å²) in [5, 5.41) is 13.4. The zero-order valence-corrected chi connectivity index (χ0v) is 10.6. The minimum Gasteiger partial charge on any atom is -0.395 e. The maximum absolute atomic E-state index is 12.3. The molecule has 0 saturated carbocycles. The van der Waals surface area contributed by atoms with Gasteiger partial charge in [0, 0.05) is 25.7 Å². The van der Waals surface area contributed by atoms with Crippen molar-refractivity contribution < 1.29 is 13.9 Å². The average Bonchev–Trinajstić information content (AvgIpc) is 2.44. The number of rotatable bonds is 6. The molecule has 1 aromatic heterocycles. The van der Waals surface area contributed by atoms with Gasteiger partial charge in [-0.15, -0.1) is 0 Å². The predicted octanol–water partition coefficient (Wildman–Crippen LogP) is 1.44. The van der Waals surface area contributed by atoms with E-state index >= 15 is 0 Å². The standard InChI is InChI=1S/C10H16ClF2N3O/c1-7-8(10(11)15(2)14-7)5-16(3-4-17)6-9(12)13/h9,17H,3-6H2,1-2H3. The molecule has 0 amide bonds. The van der Waals surface area contributed by atoms with Gasteiger partial charge in [0.15, 0.2) is 0 Å². The Morgan fingerprint density at radius 2 is 2.18 bits per heavy atom. The van der Waals surface area contributed by atoms with Crippen LogP contribution in [0, 0.1) is 6.92 Å². The van der Waals surface area contributed by atoms with E-state index in [2.05, 4.69) is 5.10 Å².